The first kappa shape index (κ1) is 17.4. The molecule has 0 atom stereocenters. The molecule has 2 rings (SSSR count). The van der Waals surface area contributed by atoms with Crippen molar-refractivity contribution in [2.75, 3.05) is 32.5 Å². The van der Waals surface area contributed by atoms with Crippen LogP contribution in [0.2, 0.25) is 0 Å². The van der Waals surface area contributed by atoms with E-state index in [1.54, 1.807) is 6.20 Å². The molecule has 0 aliphatic rings. The van der Waals surface area contributed by atoms with Crippen LogP contribution in [-0.4, -0.2) is 47.0 Å². The van der Waals surface area contributed by atoms with Gasteiger partial charge in [0.1, 0.15) is 0 Å². The lowest BCUT2D eigenvalue weighted by Crippen LogP contribution is -2.30. The van der Waals surface area contributed by atoms with E-state index in [1.165, 1.54) is 11.1 Å². The average Bonchev–Trinajstić information content (AvgIpc) is 2.93. The maximum atomic E-state index is 5.30. The molecule has 0 bridgehead atoms. The maximum absolute atomic E-state index is 5.30. The Labute approximate surface area is 143 Å². The second-order valence-electron chi connectivity index (χ2n) is 5.95. The van der Waals surface area contributed by atoms with Crippen molar-refractivity contribution in [2.24, 2.45) is 0 Å². The molecule has 0 saturated carbocycles. The van der Waals surface area contributed by atoms with E-state index in [-0.39, 0.29) is 0 Å². The first-order chi connectivity index (χ1) is 11.0. The van der Waals surface area contributed by atoms with Gasteiger partial charge < -0.3 is 15.5 Å². The summed E-state index contributed by atoms with van der Waals surface area (Å²) in [6.07, 6.45) is 4.82. The highest BCUT2D eigenvalue weighted by Crippen LogP contribution is 2.09. The molecule has 1 aromatic carbocycles. The third-order valence-electron chi connectivity index (χ3n) is 3.42. The second kappa shape index (κ2) is 8.64. The summed E-state index contributed by atoms with van der Waals surface area (Å²) in [7, 11) is 4.14. The number of thiocarbonyl (C=S) groups is 1. The average molecular weight is 331 g/mol. The Morgan fingerprint density at radius 1 is 1.26 bits per heavy atom. The van der Waals surface area contributed by atoms with E-state index in [4.69, 9.17) is 12.2 Å². The summed E-state index contributed by atoms with van der Waals surface area (Å²) < 4.78 is 1.90. The van der Waals surface area contributed by atoms with Crippen molar-refractivity contribution in [2.45, 2.75) is 19.9 Å². The summed E-state index contributed by atoms with van der Waals surface area (Å²) in [5.41, 5.74) is 3.40. The van der Waals surface area contributed by atoms with E-state index in [2.05, 4.69) is 65.9 Å². The molecule has 6 heteroatoms. The van der Waals surface area contributed by atoms with Crippen molar-refractivity contribution < 1.29 is 0 Å². The molecule has 1 heterocycles. The topological polar surface area (TPSA) is 45.1 Å². The number of nitrogens with zero attached hydrogens (tertiary/aromatic N) is 3. The highest BCUT2D eigenvalue weighted by atomic mass is 32.1. The number of rotatable bonds is 7. The van der Waals surface area contributed by atoms with Crippen LogP contribution in [0.3, 0.4) is 0 Å². The molecule has 0 fully saturated rings. The predicted octanol–water partition coefficient (Wildman–Crippen LogP) is 2.48. The Morgan fingerprint density at radius 3 is 2.70 bits per heavy atom. The summed E-state index contributed by atoms with van der Waals surface area (Å²) in [5.74, 6) is 0. The number of hydrogen-bond donors (Lipinski definition) is 2. The van der Waals surface area contributed by atoms with Crippen molar-refractivity contribution in [3.05, 3.63) is 47.8 Å². The highest BCUT2D eigenvalue weighted by Gasteiger charge is 2.02. The van der Waals surface area contributed by atoms with Crippen LogP contribution in [0.5, 0.6) is 0 Å². The number of hydrogen-bond acceptors (Lipinski definition) is 3. The number of aromatic nitrogens is 2. The quantitative estimate of drug-likeness (QED) is 0.603. The lowest BCUT2D eigenvalue weighted by Gasteiger charge is -2.11. The molecule has 23 heavy (non-hydrogen) atoms. The van der Waals surface area contributed by atoms with Crippen molar-refractivity contribution in [3.8, 4) is 0 Å². The standard InChI is InChI=1S/C17H25N5S/c1-14-5-7-15(8-6-14)12-22-13-16(11-19-22)20-17(23)18-9-4-10-21(2)3/h5-8,11,13H,4,9-10,12H2,1-3H3,(H2,18,20,23). The van der Waals surface area contributed by atoms with E-state index in [9.17, 15) is 0 Å². The van der Waals surface area contributed by atoms with Gasteiger partial charge in [0.05, 0.1) is 18.4 Å². The second-order valence-corrected chi connectivity index (χ2v) is 6.36. The first-order valence-electron chi connectivity index (χ1n) is 7.80. The van der Waals surface area contributed by atoms with Gasteiger partial charge in [0.25, 0.3) is 0 Å². The summed E-state index contributed by atoms with van der Waals surface area (Å²) in [4.78, 5) is 2.16. The zero-order chi connectivity index (χ0) is 16.7. The summed E-state index contributed by atoms with van der Waals surface area (Å²) >= 11 is 5.30. The molecule has 0 unspecified atom stereocenters. The van der Waals surface area contributed by atoms with E-state index >= 15 is 0 Å². The van der Waals surface area contributed by atoms with Gasteiger partial charge in [0.15, 0.2) is 5.11 Å². The molecule has 0 saturated heterocycles. The molecular formula is C17H25N5S. The molecule has 2 aromatic rings. The van der Waals surface area contributed by atoms with Gasteiger partial charge in [0.2, 0.25) is 0 Å². The number of anilines is 1. The Kier molecular flexibility index (Phi) is 6.55. The molecule has 0 aliphatic carbocycles. The summed E-state index contributed by atoms with van der Waals surface area (Å²) in [5, 5.41) is 11.4. The molecule has 0 radical (unpaired) electrons. The van der Waals surface area contributed by atoms with Crippen LogP contribution in [0.4, 0.5) is 5.69 Å². The lowest BCUT2D eigenvalue weighted by atomic mass is 10.1. The van der Waals surface area contributed by atoms with Gasteiger partial charge in [-0.1, -0.05) is 29.8 Å². The van der Waals surface area contributed by atoms with Gasteiger partial charge >= 0.3 is 0 Å². The molecule has 2 N–H and O–H groups in total. The SMILES string of the molecule is Cc1ccc(Cn2cc(NC(=S)NCCCN(C)C)cn2)cc1. The molecular weight excluding hydrogens is 306 g/mol. The van der Waals surface area contributed by atoms with Crippen LogP contribution >= 0.6 is 12.2 Å². The molecule has 1 aromatic heterocycles. The van der Waals surface area contributed by atoms with E-state index in [0.717, 1.165) is 31.7 Å². The maximum Gasteiger partial charge on any atom is 0.170 e. The minimum absolute atomic E-state index is 0.638. The summed E-state index contributed by atoms with van der Waals surface area (Å²) in [6, 6.07) is 8.48. The Balaban J connectivity index is 1.77. The van der Waals surface area contributed by atoms with E-state index < -0.39 is 0 Å². The molecule has 124 valence electrons. The minimum atomic E-state index is 0.638. The van der Waals surface area contributed by atoms with Crippen LogP contribution < -0.4 is 10.6 Å². The van der Waals surface area contributed by atoms with Gasteiger partial charge in [-0.2, -0.15) is 5.10 Å². The molecule has 0 aliphatic heterocycles. The third-order valence-corrected chi connectivity index (χ3v) is 3.67. The normalized spacial score (nSPS) is 10.8. The fourth-order valence-electron chi connectivity index (χ4n) is 2.17. The van der Waals surface area contributed by atoms with Crippen molar-refractivity contribution in [1.29, 1.82) is 0 Å². The fourth-order valence-corrected chi connectivity index (χ4v) is 2.39. The molecule has 0 amide bonds. The summed E-state index contributed by atoms with van der Waals surface area (Å²) in [6.45, 7) is 4.75. The Hall–Kier alpha value is -1.92. The van der Waals surface area contributed by atoms with Crippen molar-refractivity contribution in [1.82, 2.24) is 20.0 Å². The molecule has 0 spiro atoms. The number of nitrogens with one attached hydrogen (secondary N) is 2. The zero-order valence-corrected chi connectivity index (χ0v) is 14.9. The van der Waals surface area contributed by atoms with E-state index in [0.29, 0.717) is 5.11 Å². The number of aryl methyl sites for hydroxylation is 1. The Bertz CT molecular complexity index is 618. The number of benzene rings is 1. The van der Waals surface area contributed by atoms with Crippen LogP contribution in [0.25, 0.3) is 0 Å². The zero-order valence-electron chi connectivity index (χ0n) is 14.0. The lowest BCUT2D eigenvalue weighted by molar-refractivity contribution is 0.400. The monoisotopic (exact) mass is 331 g/mol. The minimum Gasteiger partial charge on any atom is -0.362 e. The van der Waals surface area contributed by atoms with Gasteiger partial charge in [-0.25, -0.2) is 0 Å². The smallest absolute Gasteiger partial charge is 0.170 e. The van der Waals surface area contributed by atoms with Gasteiger partial charge in [-0.05, 0) is 51.8 Å². The predicted molar refractivity (Wildman–Crippen MR) is 99.9 cm³/mol. The van der Waals surface area contributed by atoms with Crippen LogP contribution in [0.15, 0.2) is 36.7 Å². The van der Waals surface area contributed by atoms with Crippen LogP contribution in [-0.2, 0) is 6.54 Å². The van der Waals surface area contributed by atoms with E-state index in [1.807, 2.05) is 10.9 Å². The molecule has 5 nitrogen and oxygen atoms in total. The van der Waals surface area contributed by atoms with Gasteiger partial charge in [-0.15, -0.1) is 0 Å². The van der Waals surface area contributed by atoms with Crippen molar-refractivity contribution >= 4 is 23.0 Å². The third kappa shape index (κ3) is 6.38. The van der Waals surface area contributed by atoms with Crippen LogP contribution in [0.1, 0.15) is 17.5 Å². The van der Waals surface area contributed by atoms with Crippen molar-refractivity contribution in [3.63, 3.8) is 0 Å². The van der Waals surface area contributed by atoms with Gasteiger partial charge in [-0.3, -0.25) is 4.68 Å². The fraction of sp³-hybridized carbons (Fsp3) is 0.412. The van der Waals surface area contributed by atoms with Gasteiger partial charge in [0, 0.05) is 12.7 Å². The highest BCUT2D eigenvalue weighted by molar-refractivity contribution is 7.80. The largest absolute Gasteiger partial charge is 0.362 e. The van der Waals surface area contributed by atoms with Crippen LogP contribution in [0, 0.1) is 6.92 Å². The Morgan fingerprint density at radius 2 is 2.00 bits per heavy atom. The first-order valence-corrected chi connectivity index (χ1v) is 8.21.